The van der Waals surface area contributed by atoms with Gasteiger partial charge in [0.25, 0.3) is 5.91 Å². The number of phenolic OH excluding ortho intramolecular Hbond substituents is 2. The van der Waals surface area contributed by atoms with Crippen LogP contribution in [0.2, 0.25) is 10.0 Å². The summed E-state index contributed by atoms with van der Waals surface area (Å²) in [5, 5.41) is 26.1. The fourth-order valence-electron chi connectivity index (χ4n) is 2.65. The van der Waals surface area contributed by atoms with Gasteiger partial charge >= 0.3 is 0 Å². The number of aromatic hydroxyl groups is 2. The number of hydrogen-bond donors (Lipinski definition) is 2. The predicted molar refractivity (Wildman–Crippen MR) is 104 cm³/mol. The molecule has 0 atom stereocenters. The SMILES string of the molecule is CC(C)C1=NN(c2cc(Cl)cc(Cl)c2)C(=O)/C1=C/c1cccc(O)c1O. The van der Waals surface area contributed by atoms with Crippen LogP contribution in [0.25, 0.3) is 6.08 Å². The number of hydrazone groups is 1. The molecular formula is C19H16Cl2N2O3. The molecule has 0 aromatic heterocycles. The third-order valence-electron chi connectivity index (χ3n) is 3.89. The number of carbonyl (C=O) groups is 1. The van der Waals surface area contributed by atoms with Crippen LogP contribution < -0.4 is 5.01 Å². The molecule has 0 aliphatic carbocycles. The largest absolute Gasteiger partial charge is 0.504 e. The fourth-order valence-corrected chi connectivity index (χ4v) is 3.16. The quantitative estimate of drug-likeness (QED) is 0.581. The molecule has 2 aromatic rings. The van der Waals surface area contributed by atoms with Crippen molar-refractivity contribution in [2.45, 2.75) is 13.8 Å². The summed E-state index contributed by atoms with van der Waals surface area (Å²) in [4.78, 5) is 13.0. The first-order chi connectivity index (χ1) is 12.3. The second kappa shape index (κ2) is 7.02. The maximum Gasteiger partial charge on any atom is 0.280 e. The van der Waals surface area contributed by atoms with Gasteiger partial charge in [-0.15, -0.1) is 0 Å². The van der Waals surface area contributed by atoms with Gasteiger partial charge in [0, 0.05) is 15.6 Å². The highest BCUT2D eigenvalue weighted by Gasteiger charge is 2.33. The number of benzene rings is 2. The lowest BCUT2D eigenvalue weighted by atomic mass is 9.98. The van der Waals surface area contributed by atoms with Gasteiger partial charge in [0.15, 0.2) is 11.5 Å². The first kappa shape index (κ1) is 18.3. The Labute approximate surface area is 160 Å². The minimum absolute atomic E-state index is 0.0377. The zero-order chi connectivity index (χ0) is 19.0. The number of anilines is 1. The van der Waals surface area contributed by atoms with Crippen LogP contribution >= 0.6 is 23.2 Å². The summed E-state index contributed by atoms with van der Waals surface area (Å²) in [6, 6.07) is 9.32. The van der Waals surface area contributed by atoms with Crippen molar-refractivity contribution >= 4 is 46.6 Å². The molecule has 5 nitrogen and oxygen atoms in total. The van der Waals surface area contributed by atoms with E-state index in [1.165, 1.54) is 17.2 Å². The molecule has 1 aliphatic rings. The maximum atomic E-state index is 13.0. The number of amides is 1. The molecule has 2 N–H and O–H groups in total. The van der Waals surface area contributed by atoms with Crippen molar-refractivity contribution in [2.24, 2.45) is 11.0 Å². The molecule has 7 heteroatoms. The number of para-hydroxylation sites is 1. The van der Waals surface area contributed by atoms with Gasteiger partial charge in [-0.3, -0.25) is 4.79 Å². The third kappa shape index (κ3) is 3.41. The Morgan fingerprint density at radius 1 is 1.12 bits per heavy atom. The first-order valence-electron chi connectivity index (χ1n) is 7.90. The second-order valence-corrected chi connectivity index (χ2v) is 7.03. The number of rotatable bonds is 3. The Morgan fingerprint density at radius 3 is 2.38 bits per heavy atom. The Balaban J connectivity index is 2.10. The summed E-state index contributed by atoms with van der Waals surface area (Å²) in [6.07, 6.45) is 1.52. The summed E-state index contributed by atoms with van der Waals surface area (Å²) in [7, 11) is 0. The number of nitrogens with zero attached hydrogens (tertiary/aromatic N) is 2. The van der Waals surface area contributed by atoms with E-state index in [9.17, 15) is 15.0 Å². The standard InChI is InChI=1S/C19H16Cl2N2O3/c1-10(2)17-15(6-11-4-3-5-16(24)18(11)25)19(26)23(22-17)14-8-12(20)7-13(21)9-14/h3-10,24-25H,1-2H3/b15-6+. The van der Waals surface area contributed by atoms with Crippen molar-refractivity contribution in [2.75, 3.05) is 5.01 Å². The molecule has 26 heavy (non-hydrogen) atoms. The smallest absolute Gasteiger partial charge is 0.280 e. The van der Waals surface area contributed by atoms with Crippen molar-refractivity contribution < 1.29 is 15.0 Å². The molecule has 0 saturated heterocycles. The van der Waals surface area contributed by atoms with Gasteiger partial charge in [0.1, 0.15) is 0 Å². The first-order valence-corrected chi connectivity index (χ1v) is 8.65. The van der Waals surface area contributed by atoms with Crippen LogP contribution in [0.5, 0.6) is 11.5 Å². The highest BCUT2D eigenvalue weighted by molar-refractivity contribution is 6.36. The summed E-state index contributed by atoms with van der Waals surface area (Å²) >= 11 is 12.1. The highest BCUT2D eigenvalue weighted by atomic mass is 35.5. The van der Waals surface area contributed by atoms with E-state index in [1.54, 1.807) is 30.3 Å². The number of carbonyl (C=O) groups excluding carboxylic acids is 1. The van der Waals surface area contributed by atoms with E-state index in [4.69, 9.17) is 23.2 Å². The lowest BCUT2D eigenvalue weighted by Crippen LogP contribution is -2.21. The van der Waals surface area contributed by atoms with Crippen LogP contribution in [0, 0.1) is 5.92 Å². The number of phenols is 2. The predicted octanol–water partition coefficient (Wildman–Crippen LogP) is 4.85. The van der Waals surface area contributed by atoms with Crippen molar-refractivity contribution in [3.63, 3.8) is 0 Å². The van der Waals surface area contributed by atoms with Gasteiger partial charge < -0.3 is 10.2 Å². The van der Waals surface area contributed by atoms with E-state index < -0.39 is 0 Å². The molecule has 2 aromatic carbocycles. The van der Waals surface area contributed by atoms with E-state index in [0.29, 0.717) is 32.6 Å². The molecule has 0 unspecified atom stereocenters. The van der Waals surface area contributed by atoms with E-state index in [1.807, 2.05) is 13.8 Å². The Kier molecular flexibility index (Phi) is 4.94. The average molecular weight is 391 g/mol. The van der Waals surface area contributed by atoms with Crippen LogP contribution in [0.3, 0.4) is 0 Å². The molecule has 1 heterocycles. The Morgan fingerprint density at radius 2 is 1.77 bits per heavy atom. The summed E-state index contributed by atoms with van der Waals surface area (Å²) in [5.74, 6) is -0.953. The topological polar surface area (TPSA) is 73.1 Å². The molecule has 0 saturated carbocycles. The molecule has 1 aliphatic heterocycles. The van der Waals surface area contributed by atoms with Crippen molar-refractivity contribution in [3.05, 3.63) is 57.6 Å². The zero-order valence-corrected chi connectivity index (χ0v) is 15.6. The van der Waals surface area contributed by atoms with Crippen molar-refractivity contribution in [1.29, 1.82) is 0 Å². The van der Waals surface area contributed by atoms with E-state index >= 15 is 0 Å². The minimum Gasteiger partial charge on any atom is -0.504 e. The third-order valence-corrected chi connectivity index (χ3v) is 4.33. The van der Waals surface area contributed by atoms with Crippen molar-refractivity contribution in [3.8, 4) is 11.5 Å². The number of halogens is 2. The molecule has 1 amide bonds. The molecule has 0 fully saturated rings. The molecule has 0 spiro atoms. The van der Waals surface area contributed by atoms with Crippen LogP contribution in [0.15, 0.2) is 47.1 Å². The lowest BCUT2D eigenvalue weighted by molar-refractivity contribution is -0.114. The molecule has 3 rings (SSSR count). The Hall–Kier alpha value is -2.50. The minimum atomic E-state index is -0.366. The molecule has 0 radical (unpaired) electrons. The van der Waals surface area contributed by atoms with Crippen LogP contribution in [-0.4, -0.2) is 21.8 Å². The van der Waals surface area contributed by atoms with Gasteiger partial charge in [-0.2, -0.15) is 10.1 Å². The van der Waals surface area contributed by atoms with Crippen LogP contribution in [-0.2, 0) is 4.79 Å². The van der Waals surface area contributed by atoms with Crippen LogP contribution in [0.4, 0.5) is 5.69 Å². The van der Waals surface area contributed by atoms with Crippen LogP contribution in [0.1, 0.15) is 19.4 Å². The monoisotopic (exact) mass is 390 g/mol. The normalized spacial score (nSPS) is 15.9. The molecular weight excluding hydrogens is 375 g/mol. The molecule has 0 bridgehead atoms. The second-order valence-electron chi connectivity index (χ2n) is 6.16. The maximum absolute atomic E-state index is 13.0. The van der Waals surface area contributed by atoms with Crippen molar-refractivity contribution in [1.82, 2.24) is 0 Å². The molecule has 134 valence electrons. The average Bonchev–Trinajstić information content (AvgIpc) is 2.88. The van der Waals surface area contributed by atoms with Gasteiger partial charge in [0.2, 0.25) is 0 Å². The van der Waals surface area contributed by atoms with E-state index in [-0.39, 0.29) is 23.3 Å². The zero-order valence-electron chi connectivity index (χ0n) is 14.1. The van der Waals surface area contributed by atoms with Gasteiger partial charge in [-0.05, 0) is 36.3 Å². The fraction of sp³-hybridized carbons (Fsp3) is 0.158. The summed E-state index contributed by atoms with van der Waals surface area (Å²) in [6.45, 7) is 3.83. The van der Waals surface area contributed by atoms with Gasteiger partial charge in [-0.25, -0.2) is 0 Å². The summed E-state index contributed by atoms with van der Waals surface area (Å²) < 4.78 is 0. The summed E-state index contributed by atoms with van der Waals surface area (Å²) in [5.41, 5.74) is 1.67. The Bertz CT molecular complexity index is 932. The number of hydrogen-bond acceptors (Lipinski definition) is 4. The van der Waals surface area contributed by atoms with Gasteiger partial charge in [-0.1, -0.05) is 49.2 Å². The van der Waals surface area contributed by atoms with Gasteiger partial charge in [0.05, 0.1) is 17.0 Å². The van der Waals surface area contributed by atoms with E-state index in [0.717, 1.165) is 0 Å². The highest BCUT2D eigenvalue weighted by Crippen LogP contribution is 2.34. The van der Waals surface area contributed by atoms with E-state index in [2.05, 4.69) is 5.10 Å². The lowest BCUT2D eigenvalue weighted by Gasteiger charge is -2.12.